The molecule has 84 valence electrons. The van der Waals surface area contributed by atoms with Gasteiger partial charge in [-0.05, 0) is 30.2 Å². The molecular formula is C14H12N2O. The minimum Gasteiger partial charge on any atom is -0.325 e. The molecule has 0 amide bonds. The molecule has 0 N–H and O–H groups in total. The zero-order valence-electron chi connectivity index (χ0n) is 9.34. The number of aromatic nitrogens is 1. The Bertz CT molecular complexity index is 566. The van der Waals surface area contributed by atoms with Crippen molar-refractivity contribution in [3.05, 3.63) is 53.7 Å². The Morgan fingerprint density at radius 1 is 1.18 bits per heavy atom. The van der Waals surface area contributed by atoms with Gasteiger partial charge >= 0.3 is 0 Å². The van der Waals surface area contributed by atoms with Gasteiger partial charge in [0.15, 0.2) is 6.29 Å². The van der Waals surface area contributed by atoms with Crippen molar-refractivity contribution in [2.24, 2.45) is 0 Å². The van der Waals surface area contributed by atoms with Crippen LogP contribution in [0.2, 0.25) is 0 Å². The number of benzene rings is 1. The van der Waals surface area contributed by atoms with Crippen molar-refractivity contribution in [2.75, 3.05) is 11.4 Å². The minimum absolute atomic E-state index is 0.643. The first-order valence-corrected chi connectivity index (χ1v) is 5.66. The molecule has 0 aliphatic carbocycles. The topological polar surface area (TPSA) is 33.2 Å². The number of carbonyl (C=O) groups is 1. The van der Waals surface area contributed by atoms with E-state index >= 15 is 0 Å². The molecular weight excluding hydrogens is 212 g/mol. The first-order valence-electron chi connectivity index (χ1n) is 5.66. The number of rotatable bonds is 2. The lowest BCUT2D eigenvalue weighted by atomic mass is 10.2. The monoisotopic (exact) mass is 224 g/mol. The van der Waals surface area contributed by atoms with Gasteiger partial charge in [-0.15, -0.1) is 0 Å². The summed E-state index contributed by atoms with van der Waals surface area (Å²) in [5, 5.41) is 0. The summed E-state index contributed by atoms with van der Waals surface area (Å²) in [6, 6.07) is 11.8. The van der Waals surface area contributed by atoms with Crippen LogP contribution in [0.4, 0.5) is 11.5 Å². The molecule has 0 saturated carbocycles. The number of nitrogens with zero attached hydrogens (tertiary/aromatic N) is 2. The highest BCUT2D eigenvalue weighted by atomic mass is 16.1. The Hall–Kier alpha value is -2.16. The van der Waals surface area contributed by atoms with Crippen LogP contribution in [-0.4, -0.2) is 17.8 Å². The second kappa shape index (κ2) is 4.01. The molecule has 0 spiro atoms. The zero-order chi connectivity index (χ0) is 11.7. The molecule has 1 aliphatic rings. The van der Waals surface area contributed by atoms with Crippen LogP contribution in [0.1, 0.15) is 15.9 Å². The first kappa shape index (κ1) is 10.0. The summed E-state index contributed by atoms with van der Waals surface area (Å²) in [6.45, 7) is 0.886. The number of hydrogen-bond donors (Lipinski definition) is 0. The fraction of sp³-hybridized carbons (Fsp3) is 0.143. The van der Waals surface area contributed by atoms with E-state index in [0.29, 0.717) is 5.56 Å². The van der Waals surface area contributed by atoms with Gasteiger partial charge in [-0.3, -0.25) is 4.79 Å². The lowest BCUT2D eigenvalue weighted by Gasteiger charge is -2.19. The van der Waals surface area contributed by atoms with Crippen LogP contribution in [0.15, 0.2) is 42.6 Å². The lowest BCUT2D eigenvalue weighted by Crippen LogP contribution is -2.16. The highest BCUT2D eigenvalue weighted by Crippen LogP contribution is 2.34. The van der Waals surface area contributed by atoms with Crippen molar-refractivity contribution >= 4 is 17.8 Å². The smallest absolute Gasteiger partial charge is 0.153 e. The van der Waals surface area contributed by atoms with Crippen molar-refractivity contribution in [3.63, 3.8) is 0 Å². The Morgan fingerprint density at radius 3 is 2.94 bits per heavy atom. The summed E-state index contributed by atoms with van der Waals surface area (Å²) < 4.78 is 0. The number of aldehydes is 1. The largest absolute Gasteiger partial charge is 0.325 e. The van der Waals surface area contributed by atoms with E-state index in [-0.39, 0.29) is 0 Å². The summed E-state index contributed by atoms with van der Waals surface area (Å²) >= 11 is 0. The van der Waals surface area contributed by atoms with E-state index in [2.05, 4.69) is 22.0 Å². The van der Waals surface area contributed by atoms with Gasteiger partial charge < -0.3 is 4.90 Å². The molecule has 17 heavy (non-hydrogen) atoms. The molecule has 2 aromatic rings. The van der Waals surface area contributed by atoms with Gasteiger partial charge in [0.05, 0.1) is 5.56 Å². The second-order valence-corrected chi connectivity index (χ2v) is 4.06. The van der Waals surface area contributed by atoms with Gasteiger partial charge in [-0.25, -0.2) is 4.98 Å². The molecule has 0 unspecified atom stereocenters. The molecule has 0 radical (unpaired) electrons. The fourth-order valence-corrected chi connectivity index (χ4v) is 2.29. The maximum Gasteiger partial charge on any atom is 0.153 e. The molecule has 0 bridgehead atoms. The van der Waals surface area contributed by atoms with E-state index in [9.17, 15) is 4.79 Å². The van der Waals surface area contributed by atoms with Crippen LogP contribution in [0.25, 0.3) is 0 Å². The predicted octanol–water partition coefficient (Wildman–Crippen LogP) is 2.59. The predicted molar refractivity (Wildman–Crippen MR) is 66.8 cm³/mol. The third-order valence-corrected chi connectivity index (χ3v) is 3.09. The van der Waals surface area contributed by atoms with Crippen molar-refractivity contribution in [1.82, 2.24) is 4.98 Å². The molecule has 3 heteroatoms. The van der Waals surface area contributed by atoms with Crippen LogP contribution in [0, 0.1) is 0 Å². The van der Waals surface area contributed by atoms with Gasteiger partial charge in [0, 0.05) is 18.4 Å². The Balaban J connectivity index is 2.10. The van der Waals surface area contributed by atoms with Crippen LogP contribution in [-0.2, 0) is 6.42 Å². The third kappa shape index (κ3) is 1.60. The van der Waals surface area contributed by atoms with Gasteiger partial charge in [0.25, 0.3) is 0 Å². The molecule has 0 atom stereocenters. The standard InChI is InChI=1S/C14H12N2O/c17-10-12-5-3-8-15-14(12)16-9-7-11-4-1-2-6-13(11)16/h1-6,8,10H,7,9H2. The first-order chi connectivity index (χ1) is 8.40. The van der Waals surface area contributed by atoms with Crippen LogP contribution in [0.3, 0.4) is 0 Å². The summed E-state index contributed by atoms with van der Waals surface area (Å²) in [4.78, 5) is 17.5. The lowest BCUT2D eigenvalue weighted by molar-refractivity contribution is 0.112. The number of pyridine rings is 1. The van der Waals surface area contributed by atoms with Crippen LogP contribution in [0.5, 0.6) is 0 Å². The van der Waals surface area contributed by atoms with Crippen molar-refractivity contribution < 1.29 is 4.79 Å². The van der Waals surface area contributed by atoms with Gasteiger partial charge in [0.2, 0.25) is 0 Å². The maximum absolute atomic E-state index is 11.0. The minimum atomic E-state index is 0.643. The molecule has 1 aliphatic heterocycles. The number of anilines is 2. The Kier molecular flexibility index (Phi) is 2.37. The average Bonchev–Trinajstić information content (AvgIpc) is 2.82. The fourth-order valence-electron chi connectivity index (χ4n) is 2.29. The molecule has 2 heterocycles. The van der Waals surface area contributed by atoms with E-state index in [1.807, 2.05) is 12.1 Å². The van der Waals surface area contributed by atoms with Crippen LogP contribution < -0.4 is 4.90 Å². The molecule has 1 aromatic carbocycles. The summed E-state index contributed by atoms with van der Waals surface area (Å²) in [5.41, 5.74) is 3.12. The summed E-state index contributed by atoms with van der Waals surface area (Å²) in [7, 11) is 0. The molecule has 0 fully saturated rings. The molecule has 1 aromatic heterocycles. The average molecular weight is 224 g/mol. The number of para-hydroxylation sites is 1. The van der Waals surface area contributed by atoms with Gasteiger partial charge in [-0.1, -0.05) is 18.2 Å². The number of fused-ring (bicyclic) bond motifs is 1. The van der Waals surface area contributed by atoms with E-state index in [1.165, 1.54) is 5.56 Å². The Labute approximate surface area is 99.7 Å². The molecule has 3 nitrogen and oxygen atoms in total. The Morgan fingerprint density at radius 2 is 2.06 bits per heavy atom. The van der Waals surface area contributed by atoms with Crippen LogP contribution >= 0.6 is 0 Å². The highest BCUT2D eigenvalue weighted by molar-refractivity contribution is 5.85. The third-order valence-electron chi connectivity index (χ3n) is 3.09. The van der Waals surface area contributed by atoms with E-state index in [0.717, 1.165) is 30.8 Å². The second-order valence-electron chi connectivity index (χ2n) is 4.06. The van der Waals surface area contributed by atoms with E-state index < -0.39 is 0 Å². The summed E-state index contributed by atoms with van der Waals surface area (Å²) in [5.74, 6) is 0.757. The highest BCUT2D eigenvalue weighted by Gasteiger charge is 2.22. The van der Waals surface area contributed by atoms with Gasteiger partial charge in [-0.2, -0.15) is 0 Å². The van der Waals surface area contributed by atoms with Crippen molar-refractivity contribution in [3.8, 4) is 0 Å². The molecule has 0 saturated heterocycles. The van der Waals surface area contributed by atoms with Gasteiger partial charge in [0.1, 0.15) is 5.82 Å². The zero-order valence-corrected chi connectivity index (χ0v) is 9.34. The SMILES string of the molecule is O=Cc1cccnc1N1CCc2ccccc21. The summed E-state index contributed by atoms with van der Waals surface area (Å²) in [6.07, 6.45) is 3.59. The molecule has 3 rings (SSSR count). The number of carbonyl (C=O) groups excluding carboxylic acids is 1. The van der Waals surface area contributed by atoms with Crippen molar-refractivity contribution in [1.29, 1.82) is 0 Å². The normalized spacial score (nSPS) is 13.5. The van der Waals surface area contributed by atoms with Crippen molar-refractivity contribution in [2.45, 2.75) is 6.42 Å². The number of hydrogen-bond acceptors (Lipinski definition) is 3. The van der Waals surface area contributed by atoms with E-state index in [4.69, 9.17) is 0 Å². The quantitative estimate of drug-likeness (QED) is 0.735. The maximum atomic E-state index is 11.0. The van der Waals surface area contributed by atoms with E-state index in [1.54, 1.807) is 18.3 Å².